The second kappa shape index (κ2) is 8.09. The largest absolute Gasteiger partial charge is 0.362 e. The molecule has 3 rings (SSSR count). The van der Waals surface area contributed by atoms with Gasteiger partial charge in [-0.3, -0.25) is 9.48 Å². The Bertz CT molecular complexity index is 938. The molecule has 1 amide bonds. The third kappa shape index (κ3) is 4.37. The molecule has 2 heterocycles. The molecule has 136 valence electrons. The Balaban J connectivity index is 1.72. The third-order valence-corrected chi connectivity index (χ3v) is 4.29. The van der Waals surface area contributed by atoms with E-state index in [2.05, 4.69) is 15.5 Å². The summed E-state index contributed by atoms with van der Waals surface area (Å²) in [4.78, 5) is 12.3. The molecule has 0 bridgehead atoms. The molecule has 0 unspecified atom stereocenters. The Kier molecular flexibility index (Phi) is 5.83. The molecule has 10 heteroatoms. The van der Waals surface area contributed by atoms with Crippen molar-refractivity contribution in [3.05, 3.63) is 63.0 Å². The zero-order chi connectivity index (χ0) is 18.7. The second-order valence-electron chi connectivity index (χ2n) is 5.37. The van der Waals surface area contributed by atoms with Crippen LogP contribution in [-0.2, 0) is 18.0 Å². The molecule has 1 aromatic carbocycles. The van der Waals surface area contributed by atoms with Crippen LogP contribution in [0.15, 0.2) is 36.7 Å². The number of hydrogen-bond donors (Lipinski definition) is 1. The molecule has 0 spiro atoms. The molecule has 0 radical (unpaired) electrons. The number of halogens is 3. The lowest BCUT2D eigenvalue weighted by Crippen LogP contribution is -2.14. The number of anilines is 1. The number of rotatable bonds is 6. The predicted octanol–water partition coefficient (Wildman–Crippen LogP) is 3.94. The van der Waals surface area contributed by atoms with Crippen molar-refractivity contribution in [3.8, 4) is 0 Å². The van der Waals surface area contributed by atoms with Crippen LogP contribution in [0.3, 0.4) is 0 Å². The van der Waals surface area contributed by atoms with E-state index < -0.39 is 5.91 Å². The number of ether oxygens (including phenoxy) is 1. The van der Waals surface area contributed by atoms with Crippen molar-refractivity contribution in [2.75, 3.05) is 12.4 Å². The molecule has 26 heavy (non-hydrogen) atoms. The number of hydrogen-bond acceptors (Lipinski definition) is 4. The summed E-state index contributed by atoms with van der Waals surface area (Å²) in [5.41, 5.74) is 1.06. The molecule has 0 fully saturated rings. The molecule has 0 aliphatic rings. The van der Waals surface area contributed by atoms with Gasteiger partial charge in [0.2, 0.25) is 0 Å². The van der Waals surface area contributed by atoms with Crippen molar-refractivity contribution in [3.63, 3.8) is 0 Å². The maximum atomic E-state index is 12.3. The van der Waals surface area contributed by atoms with Crippen molar-refractivity contribution in [1.82, 2.24) is 19.6 Å². The van der Waals surface area contributed by atoms with Gasteiger partial charge < -0.3 is 10.1 Å². The Morgan fingerprint density at radius 1 is 1.15 bits per heavy atom. The monoisotopic (exact) mass is 413 g/mol. The van der Waals surface area contributed by atoms with Crippen LogP contribution in [0.2, 0.25) is 15.1 Å². The van der Waals surface area contributed by atoms with Crippen molar-refractivity contribution in [1.29, 1.82) is 0 Å². The zero-order valence-electron chi connectivity index (χ0n) is 13.6. The average molecular weight is 415 g/mol. The number of nitrogens with one attached hydrogen (secondary N) is 1. The van der Waals surface area contributed by atoms with Gasteiger partial charge in [0.1, 0.15) is 11.8 Å². The van der Waals surface area contributed by atoms with Crippen molar-refractivity contribution in [2.45, 2.75) is 13.3 Å². The van der Waals surface area contributed by atoms with E-state index in [0.717, 1.165) is 5.56 Å². The number of methoxy groups -OCH3 is 1. The quantitative estimate of drug-likeness (QED) is 0.663. The summed E-state index contributed by atoms with van der Waals surface area (Å²) in [6.45, 7) is 0.637. The number of nitrogens with zero attached hydrogens (tertiary/aromatic N) is 4. The van der Waals surface area contributed by atoms with Crippen LogP contribution in [0.25, 0.3) is 0 Å². The van der Waals surface area contributed by atoms with Gasteiger partial charge in [-0.05, 0) is 23.8 Å². The van der Waals surface area contributed by atoms with E-state index in [1.54, 1.807) is 48.5 Å². The molecule has 0 saturated heterocycles. The predicted molar refractivity (Wildman–Crippen MR) is 100.0 cm³/mol. The summed E-state index contributed by atoms with van der Waals surface area (Å²) in [6.07, 6.45) is 3.24. The van der Waals surface area contributed by atoms with Gasteiger partial charge in [0.05, 0.1) is 6.54 Å². The number of benzene rings is 1. The van der Waals surface area contributed by atoms with Gasteiger partial charge in [0.15, 0.2) is 11.5 Å². The van der Waals surface area contributed by atoms with Gasteiger partial charge in [-0.1, -0.05) is 40.9 Å². The van der Waals surface area contributed by atoms with Gasteiger partial charge in [0, 0.05) is 29.5 Å². The van der Waals surface area contributed by atoms with Crippen LogP contribution in [-0.4, -0.2) is 32.6 Å². The Labute approximate surface area is 164 Å². The highest BCUT2D eigenvalue weighted by atomic mass is 35.5. The summed E-state index contributed by atoms with van der Waals surface area (Å²) in [7, 11) is 1.54. The van der Waals surface area contributed by atoms with Gasteiger partial charge >= 0.3 is 0 Å². The normalized spacial score (nSPS) is 10.9. The molecule has 0 saturated carbocycles. The summed E-state index contributed by atoms with van der Waals surface area (Å²) < 4.78 is 8.03. The van der Waals surface area contributed by atoms with E-state index in [1.165, 1.54) is 4.68 Å². The van der Waals surface area contributed by atoms with Gasteiger partial charge in [-0.25, -0.2) is 4.68 Å². The molecule has 1 N–H and O–H groups in total. The topological polar surface area (TPSA) is 74.0 Å². The summed E-state index contributed by atoms with van der Waals surface area (Å²) in [5.74, 6) is -0.181. The van der Waals surface area contributed by atoms with Crippen LogP contribution in [0.5, 0.6) is 0 Å². The maximum Gasteiger partial charge on any atom is 0.277 e. The Morgan fingerprint density at radius 3 is 2.69 bits per heavy atom. The average Bonchev–Trinajstić information content (AvgIpc) is 3.18. The van der Waals surface area contributed by atoms with Crippen LogP contribution < -0.4 is 5.32 Å². The SMILES string of the molecule is COCn1ccc(C(=O)Nc2nn(Cc3ccc(Cl)cc3Cl)cc2Cl)n1. The molecule has 2 aromatic heterocycles. The van der Waals surface area contributed by atoms with E-state index in [4.69, 9.17) is 39.5 Å². The number of carbonyl (C=O) groups is 1. The van der Waals surface area contributed by atoms with Gasteiger partial charge in [0.25, 0.3) is 5.91 Å². The van der Waals surface area contributed by atoms with E-state index in [9.17, 15) is 4.79 Å². The first kappa shape index (κ1) is 18.7. The number of carbonyl (C=O) groups excluding carboxylic acids is 1. The fourth-order valence-corrected chi connectivity index (χ4v) is 2.91. The summed E-state index contributed by atoms with van der Waals surface area (Å²) >= 11 is 18.2. The van der Waals surface area contributed by atoms with Gasteiger partial charge in [-0.15, -0.1) is 0 Å². The first-order chi connectivity index (χ1) is 12.5. The second-order valence-corrected chi connectivity index (χ2v) is 6.62. The lowest BCUT2D eigenvalue weighted by molar-refractivity contribution is 0.101. The van der Waals surface area contributed by atoms with E-state index >= 15 is 0 Å². The Morgan fingerprint density at radius 2 is 1.96 bits per heavy atom. The van der Waals surface area contributed by atoms with E-state index in [-0.39, 0.29) is 18.2 Å². The summed E-state index contributed by atoms with van der Waals surface area (Å²) in [6, 6.07) is 6.78. The molecule has 0 aliphatic heterocycles. The minimum absolute atomic E-state index is 0.230. The third-order valence-electron chi connectivity index (χ3n) is 3.43. The molecular formula is C16H14Cl3N5O2. The van der Waals surface area contributed by atoms with Crippen LogP contribution >= 0.6 is 34.8 Å². The van der Waals surface area contributed by atoms with Crippen molar-refractivity contribution >= 4 is 46.5 Å². The van der Waals surface area contributed by atoms with Crippen molar-refractivity contribution < 1.29 is 9.53 Å². The smallest absolute Gasteiger partial charge is 0.277 e. The molecule has 7 nitrogen and oxygen atoms in total. The van der Waals surface area contributed by atoms with E-state index in [1.807, 2.05) is 0 Å². The molecule has 3 aromatic rings. The highest BCUT2D eigenvalue weighted by molar-refractivity contribution is 6.35. The first-order valence-electron chi connectivity index (χ1n) is 7.47. The molecule has 0 atom stereocenters. The fraction of sp³-hybridized carbons (Fsp3) is 0.188. The van der Waals surface area contributed by atoms with Crippen molar-refractivity contribution in [2.24, 2.45) is 0 Å². The Hall–Kier alpha value is -2.06. The summed E-state index contributed by atoms with van der Waals surface area (Å²) in [5, 5.41) is 12.4. The standard InChI is InChI=1S/C16H14Cl3N5O2/c1-26-9-23-5-4-14(21-23)16(25)20-15-13(19)8-24(22-15)7-10-2-3-11(17)6-12(10)18/h2-6,8H,7,9H2,1H3,(H,20,22,25). The first-order valence-corrected chi connectivity index (χ1v) is 8.60. The number of amides is 1. The van der Waals surface area contributed by atoms with Crippen LogP contribution in [0.1, 0.15) is 16.1 Å². The zero-order valence-corrected chi connectivity index (χ0v) is 15.9. The van der Waals surface area contributed by atoms with Crippen LogP contribution in [0.4, 0.5) is 5.82 Å². The lowest BCUT2D eigenvalue weighted by Gasteiger charge is -2.05. The highest BCUT2D eigenvalue weighted by Gasteiger charge is 2.15. The number of aromatic nitrogens is 4. The van der Waals surface area contributed by atoms with Crippen LogP contribution in [0, 0.1) is 0 Å². The van der Waals surface area contributed by atoms with Gasteiger partial charge in [-0.2, -0.15) is 10.2 Å². The molecular weight excluding hydrogens is 401 g/mol. The lowest BCUT2D eigenvalue weighted by atomic mass is 10.2. The van der Waals surface area contributed by atoms with E-state index in [0.29, 0.717) is 21.6 Å². The molecule has 0 aliphatic carbocycles. The fourth-order valence-electron chi connectivity index (χ4n) is 2.25. The highest BCUT2D eigenvalue weighted by Crippen LogP contribution is 2.24. The maximum absolute atomic E-state index is 12.3. The minimum atomic E-state index is -0.420. The minimum Gasteiger partial charge on any atom is -0.362 e.